The quantitative estimate of drug-likeness (QED) is 0.550. The lowest BCUT2D eigenvalue weighted by atomic mass is 10.7. The summed E-state index contributed by atoms with van der Waals surface area (Å²) in [6.07, 6.45) is 0. The first kappa shape index (κ1) is 12.5. The first-order chi connectivity index (χ1) is 4.91. The SMILES string of the molecule is CC.CNCCOCCO. The fourth-order valence-corrected chi connectivity index (χ4v) is 0.341. The van der Waals surface area contributed by atoms with Crippen LogP contribution in [0.25, 0.3) is 0 Å². The van der Waals surface area contributed by atoms with Crippen molar-refractivity contribution in [3.8, 4) is 0 Å². The molecule has 64 valence electrons. The Morgan fingerprint density at radius 3 is 2.30 bits per heavy atom. The largest absolute Gasteiger partial charge is 0.394 e. The predicted octanol–water partition coefficient (Wildman–Crippen LogP) is 0.241. The van der Waals surface area contributed by atoms with E-state index in [1.54, 1.807) is 0 Å². The Hall–Kier alpha value is -0.120. The smallest absolute Gasteiger partial charge is 0.0698 e. The van der Waals surface area contributed by atoms with Crippen molar-refractivity contribution in [2.45, 2.75) is 13.8 Å². The molecule has 0 bridgehead atoms. The molecule has 0 heterocycles. The highest BCUT2D eigenvalue weighted by molar-refractivity contribution is 4.34. The predicted molar refractivity (Wildman–Crippen MR) is 43.2 cm³/mol. The molecule has 0 aromatic carbocycles. The molecule has 3 nitrogen and oxygen atoms in total. The summed E-state index contributed by atoms with van der Waals surface area (Å²) < 4.78 is 4.91. The second-order valence-corrected chi connectivity index (χ2v) is 1.44. The molecule has 0 fully saturated rings. The number of ether oxygens (including phenoxy) is 1. The lowest BCUT2D eigenvalue weighted by molar-refractivity contribution is 0.0948. The van der Waals surface area contributed by atoms with Crippen LogP contribution in [0.2, 0.25) is 0 Å². The topological polar surface area (TPSA) is 41.5 Å². The van der Waals surface area contributed by atoms with Crippen LogP contribution >= 0.6 is 0 Å². The van der Waals surface area contributed by atoms with E-state index in [0.29, 0.717) is 13.2 Å². The highest BCUT2D eigenvalue weighted by atomic mass is 16.5. The van der Waals surface area contributed by atoms with Gasteiger partial charge >= 0.3 is 0 Å². The van der Waals surface area contributed by atoms with E-state index in [9.17, 15) is 0 Å². The zero-order valence-electron chi connectivity index (χ0n) is 7.18. The number of aliphatic hydroxyl groups excluding tert-OH is 1. The second kappa shape index (κ2) is 15.9. The third kappa shape index (κ3) is 15.7. The van der Waals surface area contributed by atoms with Crippen LogP contribution in [0.15, 0.2) is 0 Å². The highest BCUT2D eigenvalue weighted by Gasteiger charge is 1.81. The van der Waals surface area contributed by atoms with Crippen LogP contribution in [-0.4, -0.2) is 38.5 Å². The Bertz CT molecular complexity index is 36.6. The fraction of sp³-hybridized carbons (Fsp3) is 1.00. The lowest BCUT2D eigenvalue weighted by Gasteiger charge is -1.98. The van der Waals surface area contributed by atoms with Crippen LogP contribution < -0.4 is 5.32 Å². The molecule has 0 spiro atoms. The fourth-order valence-electron chi connectivity index (χ4n) is 0.341. The normalized spacial score (nSPS) is 8.40. The first-order valence-electron chi connectivity index (χ1n) is 3.75. The van der Waals surface area contributed by atoms with E-state index < -0.39 is 0 Å². The summed E-state index contributed by atoms with van der Waals surface area (Å²) in [4.78, 5) is 0. The summed E-state index contributed by atoms with van der Waals surface area (Å²) in [5, 5.41) is 11.1. The molecule has 0 radical (unpaired) electrons. The Morgan fingerprint density at radius 1 is 1.30 bits per heavy atom. The first-order valence-corrected chi connectivity index (χ1v) is 3.75. The van der Waals surface area contributed by atoms with Crippen molar-refractivity contribution in [2.75, 3.05) is 33.4 Å². The molecule has 0 aliphatic rings. The molecule has 0 rings (SSSR count). The van der Waals surface area contributed by atoms with Crippen molar-refractivity contribution in [2.24, 2.45) is 0 Å². The molecule has 3 heteroatoms. The molecule has 10 heavy (non-hydrogen) atoms. The third-order valence-corrected chi connectivity index (χ3v) is 0.732. The van der Waals surface area contributed by atoms with Gasteiger partial charge < -0.3 is 15.2 Å². The van der Waals surface area contributed by atoms with Crippen molar-refractivity contribution in [1.82, 2.24) is 5.32 Å². The maximum atomic E-state index is 8.22. The van der Waals surface area contributed by atoms with Crippen LogP contribution in [0.4, 0.5) is 0 Å². The second-order valence-electron chi connectivity index (χ2n) is 1.44. The van der Waals surface area contributed by atoms with Gasteiger partial charge in [0.15, 0.2) is 0 Å². The molecule has 0 aliphatic carbocycles. The van der Waals surface area contributed by atoms with E-state index in [1.807, 2.05) is 20.9 Å². The molecular weight excluding hydrogens is 130 g/mol. The molecular formula is C7H19NO2. The maximum Gasteiger partial charge on any atom is 0.0698 e. The summed E-state index contributed by atoms with van der Waals surface area (Å²) >= 11 is 0. The Balaban J connectivity index is 0. The summed E-state index contributed by atoms with van der Waals surface area (Å²) in [6.45, 7) is 6.09. The number of hydrogen-bond donors (Lipinski definition) is 2. The molecule has 0 aliphatic heterocycles. The summed E-state index contributed by atoms with van der Waals surface area (Å²) in [5.41, 5.74) is 0. The number of nitrogens with one attached hydrogen (secondary N) is 1. The molecule has 0 saturated heterocycles. The van der Waals surface area contributed by atoms with Gasteiger partial charge in [-0.05, 0) is 7.05 Å². The van der Waals surface area contributed by atoms with Crippen molar-refractivity contribution in [3.63, 3.8) is 0 Å². The van der Waals surface area contributed by atoms with E-state index >= 15 is 0 Å². The number of hydrogen-bond acceptors (Lipinski definition) is 3. The molecule has 0 saturated carbocycles. The average molecular weight is 149 g/mol. The van der Waals surface area contributed by atoms with E-state index in [1.165, 1.54) is 0 Å². The van der Waals surface area contributed by atoms with Crippen molar-refractivity contribution in [3.05, 3.63) is 0 Å². The van der Waals surface area contributed by atoms with Crippen molar-refractivity contribution in [1.29, 1.82) is 0 Å². The van der Waals surface area contributed by atoms with Gasteiger partial charge in [-0.1, -0.05) is 13.8 Å². The standard InChI is InChI=1S/C5H13NO2.C2H6/c1-6-2-4-8-5-3-7;1-2/h6-7H,2-5H2,1H3;1-2H3. The minimum absolute atomic E-state index is 0.115. The summed E-state index contributed by atoms with van der Waals surface area (Å²) in [5.74, 6) is 0. The van der Waals surface area contributed by atoms with Crippen molar-refractivity contribution >= 4 is 0 Å². The van der Waals surface area contributed by atoms with Crippen LogP contribution in [0.1, 0.15) is 13.8 Å². The van der Waals surface area contributed by atoms with Gasteiger partial charge in [-0.15, -0.1) is 0 Å². The lowest BCUT2D eigenvalue weighted by Crippen LogP contribution is -2.15. The maximum absolute atomic E-state index is 8.22. The van der Waals surface area contributed by atoms with Gasteiger partial charge in [0.25, 0.3) is 0 Å². The van der Waals surface area contributed by atoms with Crippen LogP contribution in [0, 0.1) is 0 Å². The molecule has 0 atom stereocenters. The van der Waals surface area contributed by atoms with Gasteiger partial charge in [0, 0.05) is 6.54 Å². The van der Waals surface area contributed by atoms with Gasteiger partial charge in [0.05, 0.1) is 19.8 Å². The van der Waals surface area contributed by atoms with Crippen molar-refractivity contribution < 1.29 is 9.84 Å². The average Bonchev–Trinajstić information content (AvgIpc) is 2.02. The minimum Gasteiger partial charge on any atom is -0.394 e. The van der Waals surface area contributed by atoms with E-state index in [4.69, 9.17) is 9.84 Å². The Labute approximate surface area is 63.4 Å². The molecule has 0 aromatic rings. The molecule has 0 amide bonds. The van der Waals surface area contributed by atoms with E-state index in [-0.39, 0.29) is 6.61 Å². The van der Waals surface area contributed by atoms with Crippen LogP contribution in [0.5, 0.6) is 0 Å². The number of likely N-dealkylation sites (N-methyl/N-ethyl adjacent to an activating group) is 1. The van der Waals surface area contributed by atoms with Gasteiger partial charge in [-0.25, -0.2) is 0 Å². The summed E-state index contributed by atoms with van der Waals surface area (Å²) in [7, 11) is 1.86. The zero-order valence-corrected chi connectivity index (χ0v) is 7.18. The van der Waals surface area contributed by atoms with Gasteiger partial charge in [0.1, 0.15) is 0 Å². The van der Waals surface area contributed by atoms with E-state index in [0.717, 1.165) is 6.54 Å². The third-order valence-electron chi connectivity index (χ3n) is 0.732. The minimum atomic E-state index is 0.115. The molecule has 0 unspecified atom stereocenters. The Kier molecular flexibility index (Phi) is 20.0. The van der Waals surface area contributed by atoms with Gasteiger partial charge in [-0.3, -0.25) is 0 Å². The Morgan fingerprint density at radius 2 is 1.90 bits per heavy atom. The molecule has 2 N–H and O–H groups in total. The molecule has 0 aromatic heterocycles. The summed E-state index contributed by atoms with van der Waals surface area (Å²) in [6, 6.07) is 0. The number of rotatable bonds is 5. The monoisotopic (exact) mass is 149 g/mol. The van der Waals surface area contributed by atoms with Gasteiger partial charge in [-0.2, -0.15) is 0 Å². The van der Waals surface area contributed by atoms with Gasteiger partial charge in [0.2, 0.25) is 0 Å². The van der Waals surface area contributed by atoms with Crippen LogP contribution in [-0.2, 0) is 4.74 Å². The van der Waals surface area contributed by atoms with E-state index in [2.05, 4.69) is 5.32 Å². The van der Waals surface area contributed by atoms with Crippen LogP contribution in [0.3, 0.4) is 0 Å². The zero-order chi connectivity index (χ0) is 8.24. The highest BCUT2D eigenvalue weighted by Crippen LogP contribution is 1.68. The number of aliphatic hydroxyl groups is 1.